The van der Waals surface area contributed by atoms with Gasteiger partial charge in [0.05, 0.1) is 24.7 Å². The van der Waals surface area contributed by atoms with Crippen molar-refractivity contribution in [1.29, 1.82) is 5.26 Å². The normalized spacial score (nSPS) is 19.2. The minimum atomic E-state index is -0.545. The van der Waals surface area contributed by atoms with Crippen LogP contribution in [-0.4, -0.2) is 23.1 Å². The van der Waals surface area contributed by atoms with Gasteiger partial charge >= 0.3 is 0 Å². The number of methoxy groups -OCH3 is 1. The number of carbonyl (C=O) groups excluding carboxylic acids is 1. The molecule has 2 aliphatic rings. The van der Waals surface area contributed by atoms with Gasteiger partial charge in [-0.3, -0.25) is 14.8 Å². The van der Waals surface area contributed by atoms with Gasteiger partial charge in [0.2, 0.25) is 0 Å². The summed E-state index contributed by atoms with van der Waals surface area (Å²) in [5, 5.41) is 18.1. The van der Waals surface area contributed by atoms with Crippen LogP contribution in [0.3, 0.4) is 0 Å². The van der Waals surface area contributed by atoms with Crippen LogP contribution in [0.2, 0.25) is 0 Å². The quantitative estimate of drug-likeness (QED) is 0.523. The number of rotatable bonds is 4. The molecular formula is C29H29N5O2. The Morgan fingerprint density at radius 1 is 1.14 bits per heavy atom. The third-order valence-electron chi connectivity index (χ3n) is 7.03. The number of aromatic nitrogens is 2. The predicted octanol–water partition coefficient (Wildman–Crippen LogP) is 5.33. The highest BCUT2D eigenvalue weighted by Gasteiger charge is 2.45. The van der Waals surface area contributed by atoms with Crippen LogP contribution in [0.15, 0.2) is 77.3 Å². The molecule has 1 aromatic heterocycles. The summed E-state index contributed by atoms with van der Waals surface area (Å²) in [7, 11) is 1.61. The molecule has 2 aromatic carbocycles. The number of nitrogens with one attached hydrogen (secondary N) is 1. The van der Waals surface area contributed by atoms with Crippen molar-refractivity contribution in [1.82, 2.24) is 10.2 Å². The Morgan fingerprint density at radius 3 is 2.47 bits per heavy atom. The zero-order valence-electron chi connectivity index (χ0n) is 20.9. The second-order valence-electron chi connectivity index (χ2n) is 10.2. The number of aryl methyl sites for hydroxylation is 1. The Kier molecular flexibility index (Phi) is 5.68. The van der Waals surface area contributed by atoms with Crippen LogP contribution in [0.1, 0.15) is 43.9 Å². The molecular weight excluding hydrogens is 450 g/mol. The molecule has 182 valence electrons. The fourth-order valence-corrected chi connectivity index (χ4v) is 5.41. The van der Waals surface area contributed by atoms with Gasteiger partial charge in [-0.1, -0.05) is 56.3 Å². The number of hydrogen-bond acceptors (Lipinski definition) is 6. The molecule has 36 heavy (non-hydrogen) atoms. The molecule has 2 heterocycles. The van der Waals surface area contributed by atoms with Gasteiger partial charge in [-0.05, 0) is 42.0 Å². The first kappa shape index (κ1) is 23.4. The fraction of sp³-hybridized carbons (Fsp3) is 0.276. The van der Waals surface area contributed by atoms with E-state index >= 15 is 0 Å². The molecule has 1 atom stereocenters. The molecule has 0 saturated heterocycles. The maximum atomic E-state index is 13.7. The third kappa shape index (κ3) is 3.75. The van der Waals surface area contributed by atoms with Gasteiger partial charge in [0.1, 0.15) is 11.6 Å². The van der Waals surface area contributed by atoms with E-state index in [2.05, 4.69) is 30.1 Å². The van der Waals surface area contributed by atoms with E-state index in [9.17, 15) is 10.1 Å². The fourth-order valence-electron chi connectivity index (χ4n) is 5.41. The topological polar surface area (TPSA) is 108 Å². The van der Waals surface area contributed by atoms with Crippen molar-refractivity contribution in [3.05, 3.63) is 88.5 Å². The van der Waals surface area contributed by atoms with Crippen molar-refractivity contribution in [2.24, 2.45) is 11.1 Å². The van der Waals surface area contributed by atoms with Crippen LogP contribution >= 0.6 is 0 Å². The standard InChI is InChI=1S/C29H29N5O2/c1-17-24(18-8-6-5-7-9-18)28(33-32-17)34-22-14-29(2,3)15-23(35)26(22)25(21(16-30)27(34)31)19-10-12-20(36-4)13-11-19/h5-13,25H,14-15,31H2,1-4H3,(H,32,33)/t25-/m0/s1. The number of nitriles is 1. The molecule has 3 N–H and O–H groups in total. The van der Waals surface area contributed by atoms with Crippen LogP contribution in [0.25, 0.3) is 11.1 Å². The number of benzene rings is 2. The molecule has 3 aromatic rings. The molecule has 0 radical (unpaired) electrons. The molecule has 0 spiro atoms. The van der Waals surface area contributed by atoms with Crippen molar-refractivity contribution in [2.45, 2.75) is 39.5 Å². The van der Waals surface area contributed by atoms with E-state index in [0.29, 0.717) is 41.4 Å². The van der Waals surface area contributed by atoms with E-state index in [1.165, 1.54) is 0 Å². The molecule has 0 unspecified atom stereocenters. The van der Waals surface area contributed by atoms with Gasteiger partial charge in [-0.15, -0.1) is 0 Å². The van der Waals surface area contributed by atoms with E-state index in [1.54, 1.807) is 7.11 Å². The van der Waals surface area contributed by atoms with Crippen molar-refractivity contribution in [2.75, 3.05) is 12.0 Å². The Hall–Kier alpha value is -4.31. The van der Waals surface area contributed by atoms with Gasteiger partial charge < -0.3 is 10.5 Å². The number of aromatic amines is 1. The van der Waals surface area contributed by atoms with Crippen LogP contribution in [0, 0.1) is 23.7 Å². The Labute approximate surface area is 210 Å². The van der Waals surface area contributed by atoms with Crippen LogP contribution < -0.4 is 15.4 Å². The second kappa shape index (κ2) is 8.72. The maximum absolute atomic E-state index is 13.7. The summed E-state index contributed by atoms with van der Waals surface area (Å²) in [6.07, 6.45) is 1.02. The Bertz CT molecular complexity index is 1440. The largest absolute Gasteiger partial charge is 0.497 e. The molecule has 1 aliphatic heterocycles. The first-order valence-electron chi connectivity index (χ1n) is 12.0. The van der Waals surface area contributed by atoms with Gasteiger partial charge in [-0.25, -0.2) is 0 Å². The maximum Gasteiger partial charge on any atom is 0.168 e. The molecule has 0 bridgehead atoms. The van der Waals surface area contributed by atoms with E-state index in [-0.39, 0.29) is 11.2 Å². The lowest BCUT2D eigenvalue weighted by Gasteiger charge is -2.43. The summed E-state index contributed by atoms with van der Waals surface area (Å²) in [6.45, 7) is 6.13. The first-order valence-corrected chi connectivity index (χ1v) is 12.0. The minimum Gasteiger partial charge on any atom is -0.497 e. The van der Waals surface area contributed by atoms with Crippen molar-refractivity contribution in [3.8, 4) is 22.9 Å². The van der Waals surface area contributed by atoms with Crippen LogP contribution in [0.5, 0.6) is 5.75 Å². The number of allylic oxidation sites excluding steroid dienone is 3. The number of ether oxygens (including phenoxy) is 1. The molecule has 1 aliphatic carbocycles. The average molecular weight is 480 g/mol. The average Bonchev–Trinajstić information content (AvgIpc) is 3.24. The number of Topliss-reactive ketones (excluding diaryl/α,β-unsaturated/α-hetero) is 1. The SMILES string of the molecule is COc1ccc([C@H]2C(C#N)=C(N)N(c3n[nH]c(C)c3-c3ccccc3)C3=C2C(=O)CC(C)(C)C3)cc1. The summed E-state index contributed by atoms with van der Waals surface area (Å²) in [5.74, 6) is 1.08. The third-order valence-corrected chi connectivity index (χ3v) is 7.03. The van der Waals surface area contributed by atoms with Gasteiger partial charge in [0.25, 0.3) is 0 Å². The van der Waals surface area contributed by atoms with Gasteiger partial charge in [-0.2, -0.15) is 10.4 Å². The highest BCUT2D eigenvalue weighted by atomic mass is 16.5. The van der Waals surface area contributed by atoms with Crippen molar-refractivity contribution < 1.29 is 9.53 Å². The lowest BCUT2D eigenvalue weighted by molar-refractivity contribution is -0.118. The van der Waals surface area contributed by atoms with E-state index in [0.717, 1.165) is 28.1 Å². The lowest BCUT2D eigenvalue weighted by Crippen LogP contribution is -2.42. The molecule has 0 saturated carbocycles. The number of H-pyrrole nitrogens is 1. The highest BCUT2D eigenvalue weighted by molar-refractivity contribution is 6.02. The highest BCUT2D eigenvalue weighted by Crippen LogP contribution is 2.51. The monoisotopic (exact) mass is 479 g/mol. The number of nitrogens with two attached hydrogens (primary N) is 1. The van der Waals surface area contributed by atoms with Crippen molar-refractivity contribution in [3.63, 3.8) is 0 Å². The predicted molar refractivity (Wildman–Crippen MR) is 139 cm³/mol. The molecule has 0 fully saturated rings. The number of nitrogens with zero attached hydrogens (tertiary/aromatic N) is 3. The van der Waals surface area contributed by atoms with Crippen LogP contribution in [0.4, 0.5) is 5.82 Å². The van der Waals surface area contributed by atoms with Gasteiger partial charge in [0, 0.05) is 28.9 Å². The molecule has 5 rings (SSSR count). The number of anilines is 1. The molecule has 7 nitrogen and oxygen atoms in total. The second-order valence-corrected chi connectivity index (χ2v) is 10.2. The summed E-state index contributed by atoms with van der Waals surface area (Å²) < 4.78 is 5.32. The van der Waals surface area contributed by atoms with E-state index in [4.69, 9.17) is 10.5 Å². The summed E-state index contributed by atoms with van der Waals surface area (Å²) in [5.41, 5.74) is 11.9. The number of hydrogen-bond donors (Lipinski definition) is 2. The first-order chi connectivity index (χ1) is 17.3. The summed E-state index contributed by atoms with van der Waals surface area (Å²) >= 11 is 0. The van der Waals surface area contributed by atoms with Crippen LogP contribution in [-0.2, 0) is 4.79 Å². The summed E-state index contributed by atoms with van der Waals surface area (Å²) in [6, 6.07) is 19.7. The zero-order chi connectivity index (χ0) is 25.6. The lowest BCUT2D eigenvalue weighted by atomic mass is 9.68. The van der Waals surface area contributed by atoms with Gasteiger partial charge in [0.15, 0.2) is 11.6 Å². The molecule has 7 heteroatoms. The van der Waals surface area contributed by atoms with E-state index < -0.39 is 5.92 Å². The summed E-state index contributed by atoms with van der Waals surface area (Å²) in [4.78, 5) is 15.6. The smallest absolute Gasteiger partial charge is 0.168 e. The Morgan fingerprint density at radius 2 is 1.83 bits per heavy atom. The number of ketones is 1. The zero-order valence-corrected chi connectivity index (χ0v) is 20.9. The van der Waals surface area contributed by atoms with Crippen molar-refractivity contribution >= 4 is 11.6 Å². The van der Waals surface area contributed by atoms with E-state index in [1.807, 2.05) is 66.4 Å². The molecule has 0 amide bonds. The Balaban J connectivity index is 1.77. The minimum absolute atomic E-state index is 0.0286. The number of carbonyl (C=O) groups is 1.